The van der Waals surface area contributed by atoms with Crippen molar-refractivity contribution < 1.29 is 18.3 Å². The summed E-state index contributed by atoms with van der Waals surface area (Å²) in [5.41, 5.74) is 5.23. The second kappa shape index (κ2) is 6.81. The van der Waals surface area contributed by atoms with E-state index in [9.17, 15) is 13.6 Å². The fourth-order valence-electron chi connectivity index (χ4n) is 1.78. The molecule has 1 aromatic rings. The van der Waals surface area contributed by atoms with Crippen LogP contribution in [0.5, 0.6) is 0 Å². The number of nitrogens with two attached hydrogens (primary N) is 1. The molecule has 0 saturated heterocycles. The van der Waals surface area contributed by atoms with E-state index in [0.29, 0.717) is 0 Å². The van der Waals surface area contributed by atoms with Crippen LogP contribution in [0.1, 0.15) is 35.6 Å². The van der Waals surface area contributed by atoms with Crippen LogP contribution in [0.15, 0.2) is 12.1 Å². The molecule has 0 heterocycles. The number of halogens is 2. The Morgan fingerprint density at radius 2 is 2.11 bits per heavy atom. The van der Waals surface area contributed by atoms with E-state index < -0.39 is 18.0 Å². The van der Waals surface area contributed by atoms with Crippen molar-refractivity contribution in [3.05, 3.63) is 34.4 Å². The van der Waals surface area contributed by atoms with E-state index in [1.54, 1.807) is 13.0 Å². The average Bonchev–Trinajstić information content (AvgIpc) is 2.38. The van der Waals surface area contributed by atoms with E-state index in [1.807, 2.05) is 0 Å². The number of nitriles is 1. The van der Waals surface area contributed by atoms with Crippen molar-refractivity contribution in [1.82, 2.24) is 0 Å². The van der Waals surface area contributed by atoms with E-state index in [4.69, 9.17) is 15.7 Å². The molecule has 0 aliphatic heterocycles. The van der Waals surface area contributed by atoms with E-state index in [0.717, 1.165) is 0 Å². The Morgan fingerprint density at radius 1 is 1.47 bits per heavy atom. The lowest BCUT2D eigenvalue weighted by Crippen LogP contribution is -2.12. The molecule has 0 bridgehead atoms. The first kappa shape index (κ1) is 15.1. The molecule has 102 valence electrons. The molecule has 2 N–H and O–H groups in total. The molecule has 6 heteroatoms. The lowest BCUT2D eigenvalue weighted by Gasteiger charge is -2.12. The topological polar surface area (TPSA) is 76.1 Å². The molecular formula is C13H14F2N2O2. The van der Waals surface area contributed by atoms with Crippen LogP contribution in [0, 0.1) is 11.3 Å². The van der Waals surface area contributed by atoms with Crippen molar-refractivity contribution in [2.24, 2.45) is 5.73 Å². The average molecular weight is 268 g/mol. The predicted molar refractivity (Wildman–Crippen MR) is 64.3 cm³/mol. The molecule has 0 spiro atoms. The van der Waals surface area contributed by atoms with Crippen LogP contribution in [-0.2, 0) is 22.5 Å². The number of hydrogen-bond acceptors (Lipinski definition) is 4. The molecule has 0 aliphatic carbocycles. The number of carbonyl (C=O) groups excluding carboxylic acids is 1. The van der Waals surface area contributed by atoms with Crippen LogP contribution in [0.2, 0.25) is 0 Å². The number of benzene rings is 1. The van der Waals surface area contributed by atoms with Crippen LogP contribution in [0.4, 0.5) is 8.78 Å². The second-order valence-electron chi connectivity index (χ2n) is 3.77. The number of hydrogen-bond donors (Lipinski definition) is 1. The minimum atomic E-state index is -2.81. The van der Waals surface area contributed by atoms with Gasteiger partial charge in [-0.15, -0.1) is 0 Å². The van der Waals surface area contributed by atoms with Crippen LogP contribution in [-0.4, -0.2) is 12.6 Å². The minimum absolute atomic E-state index is 0.0892. The molecule has 0 fully saturated rings. The summed E-state index contributed by atoms with van der Waals surface area (Å²) in [5.74, 6) is -0.556. The highest BCUT2D eigenvalue weighted by atomic mass is 19.3. The lowest BCUT2D eigenvalue weighted by atomic mass is 9.95. The minimum Gasteiger partial charge on any atom is -0.466 e. The zero-order valence-electron chi connectivity index (χ0n) is 10.5. The van der Waals surface area contributed by atoms with E-state index in [2.05, 4.69) is 0 Å². The first-order chi connectivity index (χ1) is 9.04. The largest absolute Gasteiger partial charge is 0.466 e. The second-order valence-corrected chi connectivity index (χ2v) is 3.77. The van der Waals surface area contributed by atoms with Gasteiger partial charge in [-0.25, -0.2) is 8.78 Å². The van der Waals surface area contributed by atoms with Crippen LogP contribution in [0.25, 0.3) is 0 Å². The normalized spacial score (nSPS) is 10.3. The predicted octanol–water partition coefficient (Wildman–Crippen LogP) is 2.06. The molecule has 0 radical (unpaired) electrons. The highest BCUT2D eigenvalue weighted by Gasteiger charge is 2.21. The van der Waals surface area contributed by atoms with Gasteiger partial charge < -0.3 is 10.5 Å². The summed E-state index contributed by atoms with van der Waals surface area (Å²) in [6.45, 7) is 1.75. The van der Waals surface area contributed by atoms with Gasteiger partial charge in [0.25, 0.3) is 6.43 Å². The van der Waals surface area contributed by atoms with Gasteiger partial charge in [-0.3, -0.25) is 4.79 Å². The summed E-state index contributed by atoms with van der Waals surface area (Å²) in [6, 6.07) is 4.60. The maximum atomic E-state index is 13.0. The Balaban J connectivity index is 3.24. The van der Waals surface area contributed by atoms with Gasteiger partial charge >= 0.3 is 5.97 Å². The molecule has 0 aromatic heterocycles. The van der Waals surface area contributed by atoms with E-state index in [1.165, 1.54) is 12.1 Å². The molecule has 1 aromatic carbocycles. The maximum absolute atomic E-state index is 13.0. The maximum Gasteiger partial charge on any atom is 0.310 e. The summed E-state index contributed by atoms with van der Waals surface area (Å²) < 4.78 is 30.8. The summed E-state index contributed by atoms with van der Waals surface area (Å²) in [6.07, 6.45) is -3.02. The monoisotopic (exact) mass is 268 g/mol. The fourth-order valence-corrected chi connectivity index (χ4v) is 1.78. The molecule has 4 nitrogen and oxygen atoms in total. The number of nitrogens with zero attached hydrogens (tertiary/aromatic N) is 1. The van der Waals surface area contributed by atoms with Gasteiger partial charge in [0.15, 0.2) is 0 Å². The molecule has 1 rings (SSSR count). The SMILES string of the molecule is CCOC(=O)Cc1ccc(CN)c(C(F)F)c1C#N. The lowest BCUT2D eigenvalue weighted by molar-refractivity contribution is -0.142. The Morgan fingerprint density at radius 3 is 2.58 bits per heavy atom. The van der Waals surface area contributed by atoms with Gasteiger partial charge in [-0.05, 0) is 18.1 Å². The van der Waals surface area contributed by atoms with Gasteiger partial charge in [0, 0.05) is 12.1 Å². The van der Waals surface area contributed by atoms with Gasteiger partial charge in [0.05, 0.1) is 24.7 Å². The van der Waals surface area contributed by atoms with Crippen molar-refractivity contribution >= 4 is 5.97 Å². The van der Waals surface area contributed by atoms with Crippen molar-refractivity contribution in [1.29, 1.82) is 5.26 Å². The summed E-state index contributed by atoms with van der Waals surface area (Å²) >= 11 is 0. The van der Waals surface area contributed by atoms with Crippen molar-refractivity contribution in [2.75, 3.05) is 6.61 Å². The first-order valence-corrected chi connectivity index (χ1v) is 5.73. The summed E-state index contributed by atoms with van der Waals surface area (Å²) in [5, 5.41) is 9.03. The highest BCUT2D eigenvalue weighted by Crippen LogP contribution is 2.29. The van der Waals surface area contributed by atoms with Crippen LogP contribution < -0.4 is 5.73 Å². The number of alkyl halides is 2. The van der Waals surface area contributed by atoms with Gasteiger partial charge in [0.1, 0.15) is 0 Å². The standard InChI is InChI=1S/C13H14F2N2O2/c1-2-19-11(18)5-8-3-4-9(6-16)12(13(14)15)10(8)7-17/h3-4,13H,2,5-6,16H2,1H3. The van der Waals surface area contributed by atoms with Crippen molar-refractivity contribution in [3.63, 3.8) is 0 Å². The third-order valence-electron chi connectivity index (χ3n) is 2.61. The van der Waals surface area contributed by atoms with Crippen molar-refractivity contribution in [3.8, 4) is 6.07 Å². The quantitative estimate of drug-likeness (QED) is 0.829. The fraction of sp³-hybridized carbons (Fsp3) is 0.385. The third kappa shape index (κ3) is 3.48. The molecule has 19 heavy (non-hydrogen) atoms. The van der Waals surface area contributed by atoms with Gasteiger partial charge in [-0.2, -0.15) is 5.26 Å². The number of esters is 1. The molecule has 0 unspecified atom stereocenters. The molecule has 0 saturated carbocycles. The number of ether oxygens (including phenoxy) is 1. The van der Waals surface area contributed by atoms with Gasteiger partial charge in [0.2, 0.25) is 0 Å². The molecule has 0 amide bonds. The molecular weight excluding hydrogens is 254 g/mol. The first-order valence-electron chi connectivity index (χ1n) is 5.73. The molecule has 0 atom stereocenters. The Labute approximate surface area is 109 Å². The Hall–Kier alpha value is -2.00. The zero-order chi connectivity index (χ0) is 14.4. The van der Waals surface area contributed by atoms with E-state index >= 15 is 0 Å². The van der Waals surface area contributed by atoms with Gasteiger partial charge in [-0.1, -0.05) is 12.1 Å². The van der Waals surface area contributed by atoms with E-state index in [-0.39, 0.29) is 36.3 Å². The van der Waals surface area contributed by atoms with Crippen LogP contribution in [0.3, 0.4) is 0 Å². The molecule has 0 aliphatic rings. The zero-order valence-corrected chi connectivity index (χ0v) is 10.5. The smallest absolute Gasteiger partial charge is 0.310 e. The number of rotatable bonds is 5. The van der Waals surface area contributed by atoms with Crippen molar-refractivity contribution in [2.45, 2.75) is 26.3 Å². The van der Waals surface area contributed by atoms with Crippen LogP contribution >= 0.6 is 0 Å². The highest BCUT2D eigenvalue weighted by molar-refractivity contribution is 5.74. The summed E-state index contributed by atoms with van der Waals surface area (Å²) in [4.78, 5) is 11.4. The Bertz CT molecular complexity index is 510. The third-order valence-corrected chi connectivity index (χ3v) is 2.61. The summed E-state index contributed by atoms with van der Waals surface area (Å²) in [7, 11) is 0. The Kier molecular flexibility index (Phi) is 5.39. The number of carbonyl (C=O) groups is 1.